The zero-order chi connectivity index (χ0) is 9.90. The van der Waals surface area contributed by atoms with Gasteiger partial charge < -0.3 is 0 Å². The number of aromatic nitrogens is 2. The molecule has 0 bridgehead atoms. The monoisotopic (exact) mass is 174 g/mol. The van der Waals surface area contributed by atoms with Gasteiger partial charge in [-0.25, -0.2) is 9.97 Å². The molecule has 0 spiro atoms. The Balaban J connectivity index is 2.86. The van der Waals surface area contributed by atoms with E-state index in [0.29, 0.717) is 5.69 Å². The highest BCUT2D eigenvalue weighted by Crippen LogP contribution is 2.17. The average molecular weight is 174 g/mol. The molecule has 68 valence electrons. The van der Waals surface area contributed by atoms with Gasteiger partial charge in [0.05, 0.1) is 0 Å². The molecule has 0 atom stereocenters. The highest BCUT2D eigenvalue weighted by Gasteiger charge is 2.12. The molecular weight excluding hydrogens is 160 g/mol. The molecule has 0 saturated heterocycles. The van der Waals surface area contributed by atoms with Crippen molar-refractivity contribution in [1.29, 1.82) is 0 Å². The Labute approximate surface area is 79.4 Å². The minimum atomic E-state index is 0.202. The molecule has 2 heteroatoms. The van der Waals surface area contributed by atoms with Crippen LogP contribution in [-0.2, 0) is 6.42 Å². The van der Waals surface area contributed by atoms with Crippen LogP contribution in [-0.4, -0.2) is 9.97 Å². The lowest BCUT2D eigenvalue weighted by Crippen LogP contribution is -2.12. The van der Waals surface area contributed by atoms with Gasteiger partial charge in [-0.1, -0.05) is 26.7 Å². The third kappa shape index (κ3) is 3.25. The fourth-order valence-electron chi connectivity index (χ4n) is 1.04. The summed E-state index contributed by atoms with van der Waals surface area (Å²) >= 11 is 0. The summed E-state index contributed by atoms with van der Waals surface area (Å²) in [6.45, 7) is 6.46. The first-order valence-electron chi connectivity index (χ1n) is 4.30. The summed E-state index contributed by atoms with van der Waals surface area (Å²) in [5.74, 6) is 3.32. The van der Waals surface area contributed by atoms with Gasteiger partial charge in [0.25, 0.3) is 0 Å². The van der Waals surface area contributed by atoms with Gasteiger partial charge in [-0.2, -0.15) is 0 Å². The summed E-state index contributed by atoms with van der Waals surface area (Å²) < 4.78 is 0. The zero-order valence-electron chi connectivity index (χ0n) is 8.33. The number of terminal acetylenes is 1. The Morgan fingerprint density at radius 2 is 2.15 bits per heavy atom. The SMILES string of the molecule is C#Cc1ccnc(CC(C)(C)C)n1. The Hall–Kier alpha value is -1.36. The van der Waals surface area contributed by atoms with Gasteiger partial charge in [0, 0.05) is 12.6 Å². The fourth-order valence-corrected chi connectivity index (χ4v) is 1.04. The standard InChI is InChI=1S/C11H14N2/c1-5-9-6-7-12-10(13-9)8-11(2,3)4/h1,6-7H,8H2,2-4H3. The normalized spacial score (nSPS) is 10.9. The summed E-state index contributed by atoms with van der Waals surface area (Å²) in [6.07, 6.45) is 7.80. The minimum absolute atomic E-state index is 0.202. The van der Waals surface area contributed by atoms with Crippen molar-refractivity contribution in [1.82, 2.24) is 9.97 Å². The molecule has 1 heterocycles. The predicted molar refractivity (Wildman–Crippen MR) is 53.1 cm³/mol. The van der Waals surface area contributed by atoms with Crippen LogP contribution in [0.25, 0.3) is 0 Å². The molecule has 0 fully saturated rings. The van der Waals surface area contributed by atoms with Crippen LogP contribution in [0, 0.1) is 17.8 Å². The van der Waals surface area contributed by atoms with Crippen LogP contribution in [0.4, 0.5) is 0 Å². The maximum Gasteiger partial charge on any atom is 0.130 e. The van der Waals surface area contributed by atoms with Gasteiger partial charge >= 0.3 is 0 Å². The molecule has 13 heavy (non-hydrogen) atoms. The Bertz CT molecular complexity index is 329. The summed E-state index contributed by atoms with van der Waals surface area (Å²) in [4.78, 5) is 8.40. The number of nitrogens with zero attached hydrogens (tertiary/aromatic N) is 2. The van der Waals surface area contributed by atoms with Crippen molar-refractivity contribution in [2.45, 2.75) is 27.2 Å². The maximum absolute atomic E-state index is 5.24. The molecule has 0 aliphatic carbocycles. The topological polar surface area (TPSA) is 25.8 Å². The Kier molecular flexibility index (Phi) is 2.67. The van der Waals surface area contributed by atoms with Crippen molar-refractivity contribution >= 4 is 0 Å². The highest BCUT2D eigenvalue weighted by atomic mass is 14.9. The molecule has 0 unspecified atom stereocenters. The van der Waals surface area contributed by atoms with E-state index in [1.165, 1.54) is 0 Å². The van der Waals surface area contributed by atoms with Crippen LogP contribution in [0.5, 0.6) is 0 Å². The largest absolute Gasteiger partial charge is 0.241 e. The first-order valence-corrected chi connectivity index (χ1v) is 4.30. The summed E-state index contributed by atoms with van der Waals surface area (Å²) in [6, 6.07) is 1.74. The van der Waals surface area contributed by atoms with Gasteiger partial charge in [-0.15, -0.1) is 6.42 Å². The second kappa shape index (κ2) is 3.57. The first-order chi connectivity index (χ1) is 6.01. The lowest BCUT2D eigenvalue weighted by atomic mass is 9.92. The van der Waals surface area contributed by atoms with E-state index in [4.69, 9.17) is 6.42 Å². The van der Waals surface area contributed by atoms with Gasteiger partial charge in [0.15, 0.2) is 0 Å². The van der Waals surface area contributed by atoms with Crippen molar-refractivity contribution in [3.63, 3.8) is 0 Å². The molecule has 0 aliphatic rings. The first kappa shape index (κ1) is 9.73. The van der Waals surface area contributed by atoms with Crippen molar-refractivity contribution in [3.05, 3.63) is 23.8 Å². The fraction of sp³-hybridized carbons (Fsp3) is 0.455. The molecule has 0 radical (unpaired) electrons. The second-order valence-corrected chi connectivity index (χ2v) is 4.24. The molecule has 0 saturated carbocycles. The molecule has 0 aromatic carbocycles. The predicted octanol–water partition coefficient (Wildman–Crippen LogP) is 2.05. The van der Waals surface area contributed by atoms with E-state index in [2.05, 4.69) is 36.7 Å². The van der Waals surface area contributed by atoms with Crippen LogP contribution < -0.4 is 0 Å². The van der Waals surface area contributed by atoms with Crippen LogP contribution in [0.15, 0.2) is 12.3 Å². The third-order valence-electron chi connectivity index (χ3n) is 1.54. The van der Waals surface area contributed by atoms with E-state index >= 15 is 0 Å². The minimum Gasteiger partial charge on any atom is -0.241 e. The Morgan fingerprint density at radius 3 is 2.69 bits per heavy atom. The van der Waals surface area contributed by atoms with Crippen LogP contribution >= 0.6 is 0 Å². The van der Waals surface area contributed by atoms with Crippen molar-refractivity contribution in [2.75, 3.05) is 0 Å². The number of rotatable bonds is 1. The van der Waals surface area contributed by atoms with E-state index in [-0.39, 0.29) is 5.41 Å². The van der Waals surface area contributed by atoms with Gasteiger partial charge in [0.2, 0.25) is 0 Å². The van der Waals surface area contributed by atoms with E-state index in [1.807, 2.05) is 0 Å². The second-order valence-electron chi connectivity index (χ2n) is 4.24. The lowest BCUT2D eigenvalue weighted by Gasteiger charge is -2.16. The molecule has 1 aromatic rings. The quantitative estimate of drug-likeness (QED) is 0.609. The lowest BCUT2D eigenvalue weighted by molar-refractivity contribution is 0.400. The average Bonchev–Trinajstić information content (AvgIpc) is 2.01. The van der Waals surface area contributed by atoms with Crippen molar-refractivity contribution < 1.29 is 0 Å². The molecule has 1 rings (SSSR count). The van der Waals surface area contributed by atoms with Crippen LogP contribution in [0.2, 0.25) is 0 Å². The van der Waals surface area contributed by atoms with E-state index in [1.54, 1.807) is 12.3 Å². The van der Waals surface area contributed by atoms with Gasteiger partial charge in [-0.05, 0) is 11.5 Å². The summed E-state index contributed by atoms with van der Waals surface area (Å²) in [5, 5.41) is 0. The van der Waals surface area contributed by atoms with Crippen molar-refractivity contribution in [3.8, 4) is 12.3 Å². The van der Waals surface area contributed by atoms with E-state index in [9.17, 15) is 0 Å². The number of hydrogen-bond acceptors (Lipinski definition) is 2. The molecule has 1 aromatic heterocycles. The van der Waals surface area contributed by atoms with E-state index < -0.39 is 0 Å². The van der Waals surface area contributed by atoms with E-state index in [0.717, 1.165) is 12.2 Å². The zero-order valence-corrected chi connectivity index (χ0v) is 8.33. The molecule has 0 amide bonds. The smallest absolute Gasteiger partial charge is 0.130 e. The summed E-state index contributed by atoms with van der Waals surface area (Å²) in [7, 11) is 0. The van der Waals surface area contributed by atoms with Gasteiger partial charge in [-0.3, -0.25) is 0 Å². The van der Waals surface area contributed by atoms with Crippen molar-refractivity contribution in [2.24, 2.45) is 5.41 Å². The van der Waals surface area contributed by atoms with Gasteiger partial charge in [0.1, 0.15) is 11.5 Å². The summed E-state index contributed by atoms with van der Waals surface area (Å²) in [5.41, 5.74) is 0.863. The molecule has 0 N–H and O–H groups in total. The number of hydrogen-bond donors (Lipinski definition) is 0. The van der Waals surface area contributed by atoms with Crippen LogP contribution in [0.3, 0.4) is 0 Å². The van der Waals surface area contributed by atoms with Crippen LogP contribution in [0.1, 0.15) is 32.3 Å². The third-order valence-corrected chi connectivity index (χ3v) is 1.54. The Morgan fingerprint density at radius 1 is 1.46 bits per heavy atom. The molecule has 2 nitrogen and oxygen atoms in total. The molecular formula is C11H14N2. The molecule has 0 aliphatic heterocycles. The highest BCUT2D eigenvalue weighted by molar-refractivity contribution is 5.22. The maximum atomic E-state index is 5.24.